The summed E-state index contributed by atoms with van der Waals surface area (Å²) >= 11 is 6.60. The number of carbonyl (C=O) groups is 1. The van der Waals surface area contributed by atoms with E-state index in [-0.39, 0.29) is 9.77 Å². The van der Waals surface area contributed by atoms with Crippen molar-refractivity contribution in [1.82, 2.24) is 9.29 Å². The Hall–Kier alpha value is -3.38. The Balaban J connectivity index is 1.47. The number of aromatic nitrogens is 1. The Kier molecular flexibility index (Phi) is 7.41. The first-order valence-corrected chi connectivity index (χ1v) is 12.9. The van der Waals surface area contributed by atoms with Crippen molar-refractivity contribution in [2.45, 2.75) is 4.21 Å². The lowest BCUT2D eigenvalue weighted by atomic mass is 10.1. The molecule has 0 aliphatic rings. The molecule has 0 spiro atoms. The number of carbonyl (C=O) groups excluding carboxylic acids is 1. The van der Waals surface area contributed by atoms with Crippen LogP contribution in [-0.4, -0.2) is 39.3 Å². The van der Waals surface area contributed by atoms with Gasteiger partial charge in [-0.25, -0.2) is 17.9 Å². The summed E-state index contributed by atoms with van der Waals surface area (Å²) in [7, 11) is -2.44. The number of fused-ring (bicyclic) bond motifs is 1. The van der Waals surface area contributed by atoms with Crippen LogP contribution in [0.2, 0.25) is 4.34 Å². The van der Waals surface area contributed by atoms with Gasteiger partial charge in [-0.2, -0.15) is 0 Å². The quantitative estimate of drug-likeness (QED) is 0.327. The van der Waals surface area contributed by atoms with E-state index in [9.17, 15) is 18.0 Å². The van der Waals surface area contributed by atoms with Crippen molar-refractivity contribution < 1.29 is 22.7 Å². The van der Waals surface area contributed by atoms with Crippen molar-refractivity contribution in [3.8, 4) is 11.4 Å². The lowest BCUT2D eigenvalue weighted by molar-refractivity contribution is 0.146. The molecule has 4 aromatic rings. The molecule has 2 heterocycles. The molecule has 0 saturated heterocycles. The zero-order valence-corrected chi connectivity index (χ0v) is 20.7. The number of hydrogen-bond donors (Lipinski definition) is 2. The maximum atomic E-state index is 13.0. The second kappa shape index (κ2) is 10.5. The van der Waals surface area contributed by atoms with E-state index >= 15 is 0 Å². The van der Waals surface area contributed by atoms with Crippen LogP contribution in [0.5, 0.6) is 5.75 Å². The van der Waals surface area contributed by atoms with E-state index < -0.39 is 16.1 Å². The number of sulfonamides is 1. The Morgan fingerprint density at radius 2 is 1.83 bits per heavy atom. The average Bonchev–Trinajstić information content (AvgIpc) is 3.27. The first kappa shape index (κ1) is 24.7. The van der Waals surface area contributed by atoms with Gasteiger partial charge in [0, 0.05) is 30.1 Å². The number of hydrogen-bond acceptors (Lipinski definition) is 7. The molecule has 9 nitrogen and oxygen atoms in total. The molecular formula is C23H20ClN3O6S2. The molecule has 12 heteroatoms. The molecule has 0 unspecified atom stereocenters. The molecule has 0 atom stereocenters. The Morgan fingerprint density at radius 1 is 1.06 bits per heavy atom. The van der Waals surface area contributed by atoms with E-state index in [2.05, 4.69) is 5.32 Å². The predicted molar refractivity (Wildman–Crippen MR) is 136 cm³/mol. The maximum absolute atomic E-state index is 13.0. The number of rotatable bonds is 8. The highest BCUT2D eigenvalue weighted by molar-refractivity contribution is 7.92. The topological polar surface area (TPSA) is 116 Å². The molecular weight excluding hydrogens is 514 g/mol. The van der Waals surface area contributed by atoms with Crippen LogP contribution in [0.25, 0.3) is 16.5 Å². The predicted octanol–water partition coefficient (Wildman–Crippen LogP) is 4.24. The second-order valence-corrected chi connectivity index (χ2v) is 10.9. The lowest BCUT2D eigenvalue weighted by Crippen LogP contribution is -2.33. The van der Waals surface area contributed by atoms with Crippen LogP contribution in [0.1, 0.15) is 0 Å². The summed E-state index contributed by atoms with van der Waals surface area (Å²) in [4.78, 5) is 25.2. The molecule has 4 rings (SSSR count). The SMILES string of the molecule is COCCOc1ccc2c(=O)n(-c3ccc(NC(=O)NS(=O)(=O)c4ccc(Cl)s4)cc3)ccc2c1. The van der Waals surface area contributed by atoms with Gasteiger partial charge in [-0.1, -0.05) is 11.6 Å². The van der Waals surface area contributed by atoms with Gasteiger partial charge in [0.2, 0.25) is 0 Å². The number of ether oxygens (including phenoxy) is 2. The zero-order valence-electron chi connectivity index (χ0n) is 18.4. The highest BCUT2D eigenvalue weighted by Gasteiger charge is 2.19. The van der Waals surface area contributed by atoms with Crippen LogP contribution in [-0.2, 0) is 14.8 Å². The molecule has 0 aliphatic carbocycles. The van der Waals surface area contributed by atoms with Crippen molar-refractivity contribution in [1.29, 1.82) is 0 Å². The number of thiophene rings is 1. The van der Waals surface area contributed by atoms with Crippen LogP contribution < -0.4 is 20.3 Å². The molecule has 2 amide bonds. The number of methoxy groups -OCH3 is 1. The summed E-state index contributed by atoms with van der Waals surface area (Å²) in [5, 5.41) is 3.72. The fraction of sp³-hybridized carbons (Fsp3) is 0.130. The van der Waals surface area contributed by atoms with E-state index in [0.29, 0.717) is 40.1 Å². The number of halogens is 1. The summed E-state index contributed by atoms with van der Waals surface area (Å²) in [6.45, 7) is 0.872. The number of urea groups is 1. The number of nitrogens with one attached hydrogen (secondary N) is 2. The highest BCUT2D eigenvalue weighted by atomic mass is 35.5. The van der Waals surface area contributed by atoms with Crippen LogP contribution >= 0.6 is 22.9 Å². The normalized spacial score (nSPS) is 11.4. The molecule has 0 saturated carbocycles. The van der Waals surface area contributed by atoms with E-state index in [1.54, 1.807) is 61.8 Å². The van der Waals surface area contributed by atoms with Gasteiger partial charge in [0.15, 0.2) is 0 Å². The van der Waals surface area contributed by atoms with Gasteiger partial charge >= 0.3 is 6.03 Å². The third-order valence-corrected chi connectivity index (χ3v) is 7.93. The van der Waals surface area contributed by atoms with E-state index in [0.717, 1.165) is 16.7 Å². The first-order chi connectivity index (χ1) is 16.8. The van der Waals surface area contributed by atoms with Crippen molar-refractivity contribution in [3.05, 3.63) is 81.6 Å². The van der Waals surface area contributed by atoms with Gasteiger partial charge in [0.1, 0.15) is 16.6 Å². The Bertz CT molecular complexity index is 1530. The summed E-state index contributed by atoms with van der Waals surface area (Å²) in [6, 6.07) is 15.3. The summed E-state index contributed by atoms with van der Waals surface area (Å²) in [5.41, 5.74) is 0.701. The minimum Gasteiger partial charge on any atom is -0.491 e. The average molecular weight is 534 g/mol. The second-order valence-electron chi connectivity index (χ2n) is 7.25. The van der Waals surface area contributed by atoms with Crippen molar-refractivity contribution in [2.75, 3.05) is 25.6 Å². The van der Waals surface area contributed by atoms with Gasteiger partial charge in [-0.05, 0) is 66.0 Å². The van der Waals surface area contributed by atoms with Gasteiger partial charge in [-0.3, -0.25) is 9.36 Å². The molecule has 0 fully saturated rings. The molecule has 182 valence electrons. The number of benzene rings is 2. The number of pyridine rings is 1. The van der Waals surface area contributed by atoms with Crippen molar-refractivity contribution >= 4 is 55.5 Å². The molecule has 2 aromatic heterocycles. The summed E-state index contributed by atoms with van der Waals surface area (Å²) in [6.07, 6.45) is 1.65. The first-order valence-electron chi connectivity index (χ1n) is 10.2. The van der Waals surface area contributed by atoms with Gasteiger partial charge < -0.3 is 14.8 Å². The Morgan fingerprint density at radius 3 is 2.51 bits per heavy atom. The minimum atomic E-state index is -4.03. The van der Waals surface area contributed by atoms with Crippen molar-refractivity contribution in [2.24, 2.45) is 0 Å². The minimum absolute atomic E-state index is 0.0719. The van der Waals surface area contributed by atoms with Gasteiger partial charge in [-0.15, -0.1) is 11.3 Å². The van der Waals surface area contributed by atoms with Crippen molar-refractivity contribution in [3.63, 3.8) is 0 Å². The summed E-state index contributed by atoms with van der Waals surface area (Å²) in [5.74, 6) is 0.643. The molecule has 2 aromatic carbocycles. The molecule has 0 bridgehead atoms. The van der Waals surface area contributed by atoms with Crippen LogP contribution in [0.4, 0.5) is 10.5 Å². The van der Waals surface area contributed by atoms with Crippen LogP contribution in [0.3, 0.4) is 0 Å². The Labute approximate surface area is 209 Å². The van der Waals surface area contributed by atoms with E-state index in [1.807, 2.05) is 4.72 Å². The van der Waals surface area contributed by atoms with E-state index in [4.69, 9.17) is 21.1 Å². The summed E-state index contributed by atoms with van der Waals surface area (Å²) < 4.78 is 38.7. The third-order valence-electron chi connectivity index (χ3n) is 4.88. The fourth-order valence-electron chi connectivity index (χ4n) is 3.24. The third kappa shape index (κ3) is 5.82. The highest BCUT2D eigenvalue weighted by Crippen LogP contribution is 2.25. The van der Waals surface area contributed by atoms with Gasteiger partial charge in [0.05, 0.1) is 10.9 Å². The lowest BCUT2D eigenvalue weighted by Gasteiger charge is -2.11. The monoisotopic (exact) mass is 533 g/mol. The molecule has 2 N–H and O–H groups in total. The fourth-order valence-corrected chi connectivity index (χ4v) is 5.63. The van der Waals surface area contributed by atoms with Crippen LogP contribution in [0, 0.1) is 0 Å². The largest absolute Gasteiger partial charge is 0.491 e. The maximum Gasteiger partial charge on any atom is 0.333 e. The molecule has 35 heavy (non-hydrogen) atoms. The van der Waals surface area contributed by atoms with E-state index in [1.165, 1.54) is 16.7 Å². The number of nitrogens with zero attached hydrogens (tertiary/aromatic N) is 1. The number of amides is 2. The van der Waals surface area contributed by atoms with Crippen LogP contribution in [0.15, 0.2) is 75.9 Å². The smallest absolute Gasteiger partial charge is 0.333 e. The standard InChI is InChI=1S/C23H20ClN3O6S2/c1-32-12-13-33-18-6-7-19-15(14-18)10-11-27(22(19)28)17-4-2-16(3-5-17)25-23(29)26-35(30,31)21-9-8-20(24)34-21/h2-11,14H,12-13H2,1H3,(H2,25,26,29). The molecule has 0 radical (unpaired) electrons. The molecule has 0 aliphatic heterocycles. The van der Waals surface area contributed by atoms with Gasteiger partial charge in [0.25, 0.3) is 15.6 Å². The zero-order chi connectivity index (χ0) is 25.0. The number of anilines is 1.